The van der Waals surface area contributed by atoms with Gasteiger partial charge >= 0.3 is 5.82 Å². The van der Waals surface area contributed by atoms with Crippen molar-refractivity contribution in [1.29, 1.82) is 0 Å². The summed E-state index contributed by atoms with van der Waals surface area (Å²) in [7, 11) is 0. The number of rotatable bonds is 5. The molecule has 126 valence electrons. The van der Waals surface area contributed by atoms with Crippen LogP contribution in [0.15, 0.2) is 42.5 Å². The summed E-state index contributed by atoms with van der Waals surface area (Å²) in [6.07, 6.45) is 0.0774. The molecular weight excluding hydrogens is 310 g/mol. The van der Waals surface area contributed by atoms with Crippen molar-refractivity contribution in [3.05, 3.63) is 58.1 Å². The first-order valence-electron chi connectivity index (χ1n) is 7.82. The van der Waals surface area contributed by atoms with Crippen LogP contribution in [0.25, 0.3) is 0 Å². The second-order valence-electron chi connectivity index (χ2n) is 5.65. The van der Waals surface area contributed by atoms with Gasteiger partial charge in [0.1, 0.15) is 6.61 Å². The lowest BCUT2D eigenvalue weighted by Crippen LogP contribution is -2.41. The van der Waals surface area contributed by atoms with Gasteiger partial charge in [0, 0.05) is 19.2 Å². The molecular formula is C17H19N3O4. The van der Waals surface area contributed by atoms with Gasteiger partial charge in [-0.25, -0.2) is 0 Å². The van der Waals surface area contributed by atoms with Crippen LogP contribution in [0.5, 0.6) is 5.75 Å². The SMILES string of the molecule is C[C@H]1CN(c2ccc(OCc3ccccc3)c([N+](=O)[O-])n2)CCO1. The maximum Gasteiger partial charge on any atom is 0.408 e. The highest BCUT2D eigenvalue weighted by atomic mass is 16.6. The summed E-state index contributed by atoms with van der Waals surface area (Å²) in [6.45, 7) is 4.14. The number of morpholine rings is 1. The van der Waals surface area contributed by atoms with Crippen LogP contribution in [0.2, 0.25) is 0 Å². The minimum absolute atomic E-state index is 0.0774. The summed E-state index contributed by atoms with van der Waals surface area (Å²) < 4.78 is 11.1. The predicted octanol–water partition coefficient (Wildman–Crippen LogP) is 2.79. The van der Waals surface area contributed by atoms with E-state index in [1.54, 1.807) is 12.1 Å². The molecule has 1 aliphatic rings. The third-order valence-electron chi connectivity index (χ3n) is 3.80. The van der Waals surface area contributed by atoms with E-state index in [2.05, 4.69) is 4.98 Å². The van der Waals surface area contributed by atoms with Crippen molar-refractivity contribution in [2.24, 2.45) is 0 Å². The molecule has 2 heterocycles. The van der Waals surface area contributed by atoms with Crippen LogP contribution in [-0.4, -0.2) is 35.7 Å². The zero-order valence-electron chi connectivity index (χ0n) is 13.4. The second kappa shape index (κ2) is 7.27. The van der Waals surface area contributed by atoms with Crippen molar-refractivity contribution in [3.8, 4) is 5.75 Å². The van der Waals surface area contributed by atoms with E-state index >= 15 is 0 Å². The highest BCUT2D eigenvalue weighted by Crippen LogP contribution is 2.29. The molecule has 0 unspecified atom stereocenters. The van der Waals surface area contributed by atoms with Gasteiger partial charge < -0.3 is 24.5 Å². The van der Waals surface area contributed by atoms with Crippen LogP contribution in [0.3, 0.4) is 0 Å². The fraction of sp³-hybridized carbons (Fsp3) is 0.353. The smallest absolute Gasteiger partial charge is 0.408 e. The average Bonchev–Trinajstić information content (AvgIpc) is 2.60. The summed E-state index contributed by atoms with van der Waals surface area (Å²) >= 11 is 0. The van der Waals surface area contributed by atoms with Crippen molar-refractivity contribution in [1.82, 2.24) is 4.98 Å². The van der Waals surface area contributed by atoms with Gasteiger partial charge in [0.2, 0.25) is 11.6 Å². The van der Waals surface area contributed by atoms with E-state index in [4.69, 9.17) is 9.47 Å². The summed E-state index contributed by atoms with van der Waals surface area (Å²) in [5.74, 6) is 0.486. The van der Waals surface area contributed by atoms with Gasteiger partial charge in [-0.15, -0.1) is 0 Å². The molecule has 2 aromatic rings. The quantitative estimate of drug-likeness (QED) is 0.620. The molecule has 7 nitrogen and oxygen atoms in total. The molecule has 1 saturated heterocycles. The zero-order chi connectivity index (χ0) is 16.9. The highest BCUT2D eigenvalue weighted by molar-refractivity contribution is 5.50. The Hall–Kier alpha value is -2.67. The third-order valence-corrected chi connectivity index (χ3v) is 3.80. The first kappa shape index (κ1) is 16.2. The molecule has 1 aromatic heterocycles. The van der Waals surface area contributed by atoms with Crippen LogP contribution in [0, 0.1) is 10.1 Å². The van der Waals surface area contributed by atoms with Crippen molar-refractivity contribution in [2.45, 2.75) is 19.6 Å². The third kappa shape index (κ3) is 3.80. The highest BCUT2D eigenvalue weighted by Gasteiger charge is 2.25. The maximum atomic E-state index is 11.4. The minimum Gasteiger partial charge on any atom is -0.481 e. The standard InChI is InChI=1S/C17H19N3O4/c1-13-11-19(9-10-23-13)16-8-7-15(17(18-16)20(21)22)24-12-14-5-3-2-4-6-14/h2-8,13H,9-12H2,1H3/t13-/m0/s1. The first-order valence-corrected chi connectivity index (χ1v) is 7.82. The molecule has 0 amide bonds. The topological polar surface area (TPSA) is 77.7 Å². The van der Waals surface area contributed by atoms with Gasteiger partial charge in [-0.1, -0.05) is 30.3 Å². The van der Waals surface area contributed by atoms with E-state index in [0.717, 1.165) is 5.56 Å². The number of nitro groups is 1. The van der Waals surface area contributed by atoms with Crippen molar-refractivity contribution < 1.29 is 14.4 Å². The monoisotopic (exact) mass is 329 g/mol. The molecule has 0 saturated carbocycles. The Morgan fingerprint density at radius 2 is 2.12 bits per heavy atom. The zero-order valence-corrected chi connectivity index (χ0v) is 13.4. The lowest BCUT2D eigenvalue weighted by atomic mass is 10.2. The molecule has 1 atom stereocenters. The maximum absolute atomic E-state index is 11.4. The number of anilines is 1. The van der Waals surface area contributed by atoms with Crippen LogP contribution in [0.4, 0.5) is 11.6 Å². The molecule has 0 aliphatic carbocycles. The number of benzene rings is 1. The molecule has 24 heavy (non-hydrogen) atoms. The molecule has 0 N–H and O–H groups in total. The lowest BCUT2D eigenvalue weighted by molar-refractivity contribution is -0.390. The van der Waals surface area contributed by atoms with E-state index in [0.29, 0.717) is 25.5 Å². The van der Waals surface area contributed by atoms with E-state index in [1.807, 2.05) is 42.2 Å². The van der Waals surface area contributed by atoms with Gasteiger partial charge in [-0.3, -0.25) is 0 Å². The Labute approximate surface area is 140 Å². The summed E-state index contributed by atoms with van der Waals surface area (Å²) in [4.78, 5) is 17.0. The summed E-state index contributed by atoms with van der Waals surface area (Å²) in [6, 6.07) is 12.9. The minimum atomic E-state index is -0.506. The van der Waals surface area contributed by atoms with E-state index < -0.39 is 4.92 Å². The predicted molar refractivity (Wildman–Crippen MR) is 89.3 cm³/mol. The molecule has 1 fully saturated rings. The van der Waals surface area contributed by atoms with Gasteiger partial charge in [0.15, 0.2) is 0 Å². The van der Waals surface area contributed by atoms with E-state index in [-0.39, 0.29) is 24.3 Å². The normalized spacial score (nSPS) is 17.5. The van der Waals surface area contributed by atoms with Gasteiger partial charge in [0.25, 0.3) is 0 Å². The number of aromatic nitrogens is 1. The van der Waals surface area contributed by atoms with Gasteiger partial charge in [0.05, 0.1) is 12.7 Å². The fourth-order valence-electron chi connectivity index (χ4n) is 2.61. The first-order chi connectivity index (χ1) is 11.6. The summed E-state index contributed by atoms with van der Waals surface area (Å²) in [5, 5.41) is 11.4. The fourth-order valence-corrected chi connectivity index (χ4v) is 2.61. The number of hydrogen-bond acceptors (Lipinski definition) is 6. The average molecular weight is 329 g/mol. The Balaban J connectivity index is 1.78. The Kier molecular flexibility index (Phi) is 4.90. The van der Waals surface area contributed by atoms with Crippen LogP contribution in [-0.2, 0) is 11.3 Å². The molecule has 0 spiro atoms. The summed E-state index contributed by atoms with van der Waals surface area (Å²) in [5.41, 5.74) is 0.942. The number of nitrogens with zero attached hydrogens (tertiary/aromatic N) is 3. The molecule has 1 aliphatic heterocycles. The number of pyridine rings is 1. The molecule has 1 aromatic carbocycles. The van der Waals surface area contributed by atoms with Crippen molar-refractivity contribution in [2.75, 3.05) is 24.6 Å². The number of ether oxygens (including phenoxy) is 2. The van der Waals surface area contributed by atoms with Crippen LogP contribution in [0.1, 0.15) is 12.5 Å². The molecule has 0 bridgehead atoms. The van der Waals surface area contributed by atoms with Crippen molar-refractivity contribution in [3.63, 3.8) is 0 Å². The molecule has 3 rings (SSSR count). The molecule has 7 heteroatoms. The largest absolute Gasteiger partial charge is 0.481 e. The number of hydrogen-bond donors (Lipinski definition) is 0. The Morgan fingerprint density at radius 3 is 2.83 bits per heavy atom. The van der Waals surface area contributed by atoms with E-state index in [9.17, 15) is 10.1 Å². The van der Waals surface area contributed by atoms with Gasteiger partial charge in [-0.05, 0) is 28.5 Å². The Bertz CT molecular complexity index is 708. The Morgan fingerprint density at radius 1 is 1.33 bits per heavy atom. The molecule has 0 radical (unpaired) electrons. The van der Waals surface area contributed by atoms with Crippen LogP contribution >= 0.6 is 0 Å². The van der Waals surface area contributed by atoms with E-state index in [1.165, 1.54) is 0 Å². The lowest BCUT2D eigenvalue weighted by Gasteiger charge is -2.30. The van der Waals surface area contributed by atoms with Crippen LogP contribution < -0.4 is 9.64 Å². The van der Waals surface area contributed by atoms with Crippen molar-refractivity contribution >= 4 is 11.6 Å². The second-order valence-corrected chi connectivity index (χ2v) is 5.65. The van der Waals surface area contributed by atoms with Gasteiger partial charge in [-0.2, -0.15) is 0 Å².